The van der Waals surface area contributed by atoms with Crippen molar-refractivity contribution in [2.45, 2.75) is 13.8 Å². The minimum Gasteiger partial charge on any atom is -0.384 e. The summed E-state index contributed by atoms with van der Waals surface area (Å²) in [5.74, 6) is -0.0146. The highest BCUT2D eigenvalue weighted by atomic mass is 16.1. The van der Waals surface area contributed by atoms with Gasteiger partial charge in [-0.1, -0.05) is 60.7 Å². The van der Waals surface area contributed by atoms with Crippen LogP contribution in [0, 0.1) is 13.8 Å². The number of fused-ring (bicyclic) bond motifs is 3. The number of nitrogens with one attached hydrogen (secondary N) is 1. The van der Waals surface area contributed by atoms with E-state index in [1.54, 1.807) is 0 Å². The third kappa shape index (κ3) is 3.30. The van der Waals surface area contributed by atoms with Gasteiger partial charge in [-0.25, -0.2) is 9.97 Å². The third-order valence-corrected chi connectivity index (χ3v) is 6.58. The molecular weight excluding hydrogens is 434 g/mol. The zero-order chi connectivity index (χ0) is 24.1. The molecule has 0 aliphatic rings. The van der Waals surface area contributed by atoms with E-state index in [1.807, 2.05) is 90.4 Å². The standard InChI is InChI=1S/C29H23N5O/c1-17-9-7-16-24(18(17)2)34-27(30)25(26-28(34)32-23-14-6-5-13-22(23)31-26)29(35)33-21-15-8-11-19-10-3-4-12-20(19)21/h3-16H,30H2,1-2H3,(H,33,35). The number of aryl methyl sites for hydroxylation is 1. The largest absolute Gasteiger partial charge is 0.384 e. The number of nitrogen functional groups attached to an aromatic ring is 1. The molecule has 6 heteroatoms. The number of anilines is 2. The van der Waals surface area contributed by atoms with E-state index in [0.29, 0.717) is 33.7 Å². The van der Waals surface area contributed by atoms with Crippen molar-refractivity contribution in [3.8, 4) is 5.69 Å². The van der Waals surface area contributed by atoms with Gasteiger partial charge in [-0.05, 0) is 54.6 Å². The van der Waals surface area contributed by atoms with Gasteiger partial charge in [0.2, 0.25) is 0 Å². The lowest BCUT2D eigenvalue weighted by atomic mass is 10.1. The number of carbonyl (C=O) groups is 1. The van der Waals surface area contributed by atoms with Crippen molar-refractivity contribution in [3.63, 3.8) is 0 Å². The Morgan fingerprint density at radius 2 is 1.51 bits per heavy atom. The van der Waals surface area contributed by atoms with Gasteiger partial charge >= 0.3 is 0 Å². The van der Waals surface area contributed by atoms with Crippen LogP contribution in [0.4, 0.5) is 11.5 Å². The van der Waals surface area contributed by atoms with E-state index in [9.17, 15) is 4.79 Å². The Labute approximate surface area is 202 Å². The Kier molecular flexibility index (Phi) is 4.74. The van der Waals surface area contributed by atoms with Crippen LogP contribution in [0.2, 0.25) is 0 Å². The zero-order valence-corrected chi connectivity index (χ0v) is 19.4. The first kappa shape index (κ1) is 20.9. The highest BCUT2D eigenvalue weighted by molar-refractivity contribution is 6.18. The number of benzene rings is 4. The van der Waals surface area contributed by atoms with Crippen molar-refractivity contribution in [2.75, 3.05) is 11.1 Å². The van der Waals surface area contributed by atoms with Crippen LogP contribution < -0.4 is 11.1 Å². The third-order valence-electron chi connectivity index (χ3n) is 6.58. The average molecular weight is 458 g/mol. The SMILES string of the molecule is Cc1cccc(-n2c(N)c(C(=O)Nc3cccc4ccccc34)c3nc4ccccc4nc32)c1C. The summed E-state index contributed by atoms with van der Waals surface area (Å²) in [6.45, 7) is 4.09. The molecule has 0 aliphatic heterocycles. The Morgan fingerprint density at radius 3 is 2.34 bits per heavy atom. The first-order chi connectivity index (χ1) is 17.0. The van der Waals surface area contributed by atoms with Gasteiger partial charge in [0.1, 0.15) is 16.9 Å². The van der Waals surface area contributed by atoms with Crippen molar-refractivity contribution in [1.29, 1.82) is 0 Å². The van der Waals surface area contributed by atoms with Crippen molar-refractivity contribution in [3.05, 3.63) is 102 Å². The van der Waals surface area contributed by atoms with Gasteiger partial charge in [0.15, 0.2) is 5.65 Å². The van der Waals surface area contributed by atoms with Gasteiger partial charge in [-0.15, -0.1) is 0 Å². The molecule has 0 saturated heterocycles. The molecule has 2 aromatic heterocycles. The molecule has 6 aromatic rings. The molecule has 0 bridgehead atoms. The summed E-state index contributed by atoms with van der Waals surface area (Å²) in [6.07, 6.45) is 0. The van der Waals surface area contributed by atoms with Crippen molar-refractivity contribution in [1.82, 2.24) is 14.5 Å². The summed E-state index contributed by atoms with van der Waals surface area (Å²) < 4.78 is 1.84. The maximum atomic E-state index is 13.8. The Balaban J connectivity index is 1.60. The maximum absolute atomic E-state index is 13.8. The van der Waals surface area contributed by atoms with E-state index >= 15 is 0 Å². The number of hydrogen-bond acceptors (Lipinski definition) is 4. The normalized spacial score (nSPS) is 11.4. The van der Waals surface area contributed by atoms with Crippen LogP contribution in [0.3, 0.4) is 0 Å². The lowest BCUT2D eigenvalue weighted by Gasteiger charge is -2.13. The van der Waals surface area contributed by atoms with Gasteiger partial charge < -0.3 is 11.1 Å². The first-order valence-electron chi connectivity index (χ1n) is 11.5. The molecule has 6 nitrogen and oxygen atoms in total. The summed E-state index contributed by atoms with van der Waals surface area (Å²) in [5, 5.41) is 5.07. The highest BCUT2D eigenvalue weighted by Gasteiger charge is 2.26. The van der Waals surface area contributed by atoms with E-state index in [0.717, 1.165) is 33.1 Å². The number of nitrogens with zero attached hydrogens (tertiary/aromatic N) is 3. The fourth-order valence-corrected chi connectivity index (χ4v) is 4.63. The van der Waals surface area contributed by atoms with Gasteiger partial charge in [0.05, 0.1) is 16.7 Å². The summed E-state index contributed by atoms with van der Waals surface area (Å²) >= 11 is 0. The molecule has 6 rings (SSSR count). The van der Waals surface area contributed by atoms with Gasteiger partial charge in [0, 0.05) is 11.1 Å². The topological polar surface area (TPSA) is 85.8 Å². The summed E-state index contributed by atoms with van der Waals surface area (Å²) in [5.41, 5.74) is 13.3. The van der Waals surface area contributed by atoms with Crippen LogP contribution in [0.1, 0.15) is 21.5 Å². The number of amides is 1. The lowest BCUT2D eigenvalue weighted by Crippen LogP contribution is -2.15. The number of aromatic nitrogens is 3. The Hall–Kier alpha value is -4.71. The summed E-state index contributed by atoms with van der Waals surface area (Å²) in [6, 6.07) is 27.4. The van der Waals surface area contributed by atoms with Crippen LogP contribution in [0.15, 0.2) is 84.9 Å². The van der Waals surface area contributed by atoms with Crippen molar-refractivity contribution in [2.24, 2.45) is 0 Å². The number of para-hydroxylation sites is 2. The molecule has 0 saturated carbocycles. The van der Waals surface area contributed by atoms with E-state index in [2.05, 4.69) is 18.3 Å². The molecule has 2 heterocycles. The fourth-order valence-electron chi connectivity index (χ4n) is 4.63. The second-order valence-corrected chi connectivity index (χ2v) is 8.68. The fraction of sp³-hybridized carbons (Fsp3) is 0.0690. The van der Waals surface area contributed by atoms with E-state index < -0.39 is 0 Å². The smallest absolute Gasteiger partial charge is 0.261 e. The Morgan fingerprint density at radius 1 is 0.829 bits per heavy atom. The second-order valence-electron chi connectivity index (χ2n) is 8.68. The van der Waals surface area contributed by atoms with E-state index in [-0.39, 0.29) is 5.91 Å². The minimum absolute atomic E-state index is 0.307. The van der Waals surface area contributed by atoms with Gasteiger partial charge in [-0.2, -0.15) is 0 Å². The molecule has 4 aromatic carbocycles. The van der Waals surface area contributed by atoms with E-state index in [4.69, 9.17) is 15.7 Å². The molecule has 0 unspecified atom stereocenters. The second kappa shape index (κ2) is 7.95. The summed E-state index contributed by atoms with van der Waals surface area (Å²) in [4.78, 5) is 23.5. The molecule has 0 fully saturated rings. The average Bonchev–Trinajstić information content (AvgIpc) is 3.15. The van der Waals surface area contributed by atoms with Crippen LogP contribution in [-0.4, -0.2) is 20.4 Å². The Bertz CT molecular complexity index is 1780. The van der Waals surface area contributed by atoms with Crippen LogP contribution >= 0.6 is 0 Å². The molecule has 35 heavy (non-hydrogen) atoms. The molecule has 0 spiro atoms. The minimum atomic E-state index is -0.322. The number of rotatable bonds is 3. The number of hydrogen-bond donors (Lipinski definition) is 2. The van der Waals surface area contributed by atoms with Gasteiger partial charge in [0.25, 0.3) is 5.91 Å². The first-order valence-corrected chi connectivity index (χ1v) is 11.5. The molecule has 0 radical (unpaired) electrons. The van der Waals surface area contributed by atoms with Crippen molar-refractivity contribution < 1.29 is 4.79 Å². The van der Waals surface area contributed by atoms with E-state index in [1.165, 1.54) is 0 Å². The lowest BCUT2D eigenvalue weighted by molar-refractivity contribution is 0.102. The highest BCUT2D eigenvalue weighted by Crippen LogP contribution is 2.34. The monoisotopic (exact) mass is 457 g/mol. The molecule has 1 amide bonds. The maximum Gasteiger partial charge on any atom is 0.261 e. The van der Waals surface area contributed by atoms with Gasteiger partial charge in [-0.3, -0.25) is 9.36 Å². The molecule has 3 N–H and O–H groups in total. The van der Waals surface area contributed by atoms with Crippen molar-refractivity contribution >= 4 is 50.4 Å². The summed E-state index contributed by atoms with van der Waals surface area (Å²) in [7, 11) is 0. The number of carbonyl (C=O) groups excluding carboxylic acids is 1. The predicted octanol–water partition coefficient (Wildman–Crippen LogP) is 6.18. The number of nitrogens with two attached hydrogens (primary N) is 1. The molecule has 0 atom stereocenters. The molecular formula is C29H23N5O. The predicted molar refractivity (Wildman–Crippen MR) is 142 cm³/mol. The molecule has 0 aliphatic carbocycles. The molecule has 170 valence electrons. The van der Waals surface area contributed by atoms with Crippen LogP contribution in [0.25, 0.3) is 38.7 Å². The van der Waals surface area contributed by atoms with Crippen LogP contribution in [-0.2, 0) is 0 Å². The van der Waals surface area contributed by atoms with Crippen LogP contribution in [0.5, 0.6) is 0 Å². The quantitative estimate of drug-likeness (QED) is 0.332. The zero-order valence-electron chi connectivity index (χ0n) is 19.4.